The fourth-order valence-electron chi connectivity index (χ4n) is 3.89. The van der Waals surface area contributed by atoms with Gasteiger partial charge in [-0.3, -0.25) is 14.4 Å². The third-order valence-electron chi connectivity index (χ3n) is 5.63. The van der Waals surface area contributed by atoms with E-state index in [1.165, 1.54) is 0 Å². The third-order valence-corrected chi connectivity index (χ3v) is 7.16. The number of nitrogens with zero attached hydrogens (tertiary/aromatic N) is 1. The van der Waals surface area contributed by atoms with Crippen LogP contribution >= 0.6 is 11.8 Å². The van der Waals surface area contributed by atoms with E-state index in [2.05, 4.69) is 10.6 Å². The van der Waals surface area contributed by atoms with Crippen molar-refractivity contribution in [2.24, 2.45) is 5.92 Å². The molecule has 1 fully saturated rings. The van der Waals surface area contributed by atoms with Gasteiger partial charge in [-0.15, -0.1) is 11.8 Å². The zero-order valence-corrected chi connectivity index (χ0v) is 18.2. The number of rotatable bonds is 6. The van der Waals surface area contributed by atoms with Crippen molar-refractivity contribution < 1.29 is 19.5 Å². The van der Waals surface area contributed by atoms with E-state index in [9.17, 15) is 19.5 Å². The number of benzene rings is 1. The minimum atomic E-state index is -0.782. The average molecular weight is 420 g/mol. The molecular formula is C21H29N3O4S. The Morgan fingerprint density at radius 2 is 1.86 bits per heavy atom. The molecule has 3 N–H and O–H groups in total. The SMILES string of the molecule is CC(C)[C@@H](CO)NC(=O)[C@H](C)NC(=O)[C@@H]1N2C(=O)c3ccccc3[C@H]2SC1(C)C. The zero-order valence-electron chi connectivity index (χ0n) is 17.4. The largest absolute Gasteiger partial charge is 0.394 e. The van der Waals surface area contributed by atoms with Crippen molar-refractivity contribution in [3.63, 3.8) is 0 Å². The minimum absolute atomic E-state index is 0.0681. The summed E-state index contributed by atoms with van der Waals surface area (Å²) in [4.78, 5) is 40.3. The number of nitrogens with one attached hydrogen (secondary N) is 2. The van der Waals surface area contributed by atoms with Gasteiger partial charge in [-0.2, -0.15) is 0 Å². The van der Waals surface area contributed by atoms with Gasteiger partial charge in [0.2, 0.25) is 11.8 Å². The molecule has 1 aromatic rings. The van der Waals surface area contributed by atoms with Gasteiger partial charge in [-0.1, -0.05) is 32.0 Å². The number of aliphatic hydroxyl groups is 1. The Labute approximate surface area is 175 Å². The van der Waals surface area contributed by atoms with Crippen LogP contribution in [0, 0.1) is 5.92 Å². The number of carbonyl (C=O) groups is 3. The molecule has 3 amide bonds. The highest BCUT2D eigenvalue weighted by Gasteiger charge is 2.57. The van der Waals surface area contributed by atoms with Gasteiger partial charge >= 0.3 is 0 Å². The van der Waals surface area contributed by atoms with Crippen LogP contribution in [0.2, 0.25) is 0 Å². The predicted octanol–water partition coefficient (Wildman–Crippen LogP) is 1.67. The second-order valence-electron chi connectivity index (χ2n) is 8.55. The molecule has 0 unspecified atom stereocenters. The summed E-state index contributed by atoms with van der Waals surface area (Å²) < 4.78 is -0.500. The molecule has 2 heterocycles. The van der Waals surface area contributed by atoms with Crippen molar-refractivity contribution in [2.45, 2.75) is 62.9 Å². The first-order valence-electron chi connectivity index (χ1n) is 9.89. The van der Waals surface area contributed by atoms with Gasteiger partial charge in [0.25, 0.3) is 5.91 Å². The fraction of sp³-hybridized carbons (Fsp3) is 0.571. The summed E-state index contributed by atoms with van der Waals surface area (Å²) in [5.74, 6) is -0.791. The van der Waals surface area contributed by atoms with E-state index >= 15 is 0 Å². The number of aliphatic hydroxyl groups excluding tert-OH is 1. The first-order chi connectivity index (χ1) is 13.6. The highest BCUT2D eigenvalue weighted by atomic mass is 32.2. The molecule has 3 rings (SSSR count). The maximum Gasteiger partial charge on any atom is 0.256 e. The van der Waals surface area contributed by atoms with Crippen LogP contribution < -0.4 is 10.6 Å². The lowest BCUT2D eigenvalue weighted by molar-refractivity contribution is -0.132. The molecule has 7 nitrogen and oxygen atoms in total. The lowest BCUT2D eigenvalue weighted by Crippen LogP contribution is -2.57. The molecule has 8 heteroatoms. The quantitative estimate of drug-likeness (QED) is 0.652. The Balaban J connectivity index is 1.75. The second-order valence-corrected chi connectivity index (χ2v) is 10.3. The molecule has 0 bridgehead atoms. The summed E-state index contributed by atoms with van der Waals surface area (Å²) in [5.41, 5.74) is 1.56. The average Bonchev–Trinajstić information content (AvgIpc) is 3.09. The second kappa shape index (κ2) is 7.99. The number of hydrogen-bond donors (Lipinski definition) is 3. The highest BCUT2D eigenvalue weighted by molar-refractivity contribution is 8.01. The Bertz CT molecular complexity index is 826. The van der Waals surface area contributed by atoms with Crippen LogP contribution in [0.4, 0.5) is 0 Å². The van der Waals surface area contributed by atoms with Crippen LogP contribution in [-0.4, -0.2) is 57.2 Å². The van der Waals surface area contributed by atoms with Gasteiger partial charge in [0.15, 0.2) is 0 Å². The Hall–Kier alpha value is -2.06. The number of carbonyl (C=O) groups excluding carboxylic acids is 3. The van der Waals surface area contributed by atoms with Crippen molar-refractivity contribution in [2.75, 3.05) is 6.61 Å². The van der Waals surface area contributed by atoms with Gasteiger partial charge in [-0.25, -0.2) is 0 Å². The standard InChI is InChI=1S/C21H29N3O4S/c1-11(2)15(10-25)23-17(26)12(3)22-18(27)16-21(4,5)29-20-14-9-7-6-8-13(14)19(28)24(16)20/h6-9,11-12,15-16,20,25H,10H2,1-5H3,(H,22,27)(H,23,26)/t12-,15+,16-,20+/m0/s1. The van der Waals surface area contributed by atoms with Crippen LogP contribution in [0.1, 0.15) is 55.9 Å². The lowest BCUT2D eigenvalue weighted by atomic mass is 10.00. The molecule has 1 aromatic carbocycles. The van der Waals surface area contributed by atoms with Gasteiger partial charge in [-0.05, 0) is 38.3 Å². The molecule has 29 heavy (non-hydrogen) atoms. The van der Waals surface area contributed by atoms with E-state index in [0.29, 0.717) is 5.56 Å². The molecule has 4 atom stereocenters. The molecule has 2 aliphatic heterocycles. The number of hydrogen-bond acceptors (Lipinski definition) is 5. The molecule has 0 aliphatic carbocycles. The van der Waals surface area contributed by atoms with Crippen LogP contribution in [0.3, 0.4) is 0 Å². The molecule has 1 saturated heterocycles. The summed E-state index contributed by atoms with van der Waals surface area (Å²) in [5, 5.41) is 14.7. The number of thioether (sulfide) groups is 1. The maximum atomic E-state index is 13.2. The van der Waals surface area contributed by atoms with Crippen molar-refractivity contribution in [3.8, 4) is 0 Å². The van der Waals surface area contributed by atoms with Crippen LogP contribution in [-0.2, 0) is 9.59 Å². The first kappa shape index (κ1) is 21.6. The summed E-state index contributed by atoms with van der Waals surface area (Å²) >= 11 is 1.59. The smallest absolute Gasteiger partial charge is 0.256 e. The van der Waals surface area contributed by atoms with Gasteiger partial charge < -0.3 is 20.6 Å². The van der Waals surface area contributed by atoms with Crippen molar-refractivity contribution in [3.05, 3.63) is 35.4 Å². The monoisotopic (exact) mass is 419 g/mol. The van der Waals surface area contributed by atoms with Crippen LogP contribution in [0.15, 0.2) is 24.3 Å². The highest BCUT2D eigenvalue weighted by Crippen LogP contribution is 2.56. The number of amides is 3. The number of fused-ring (bicyclic) bond motifs is 3. The minimum Gasteiger partial charge on any atom is -0.394 e. The zero-order chi connectivity index (χ0) is 21.5. The maximum absolute atomic E-state index is 13.2. The summed E-state index contributed by atoms with van der Waals surface area (Å²) in [7, 11) is 0. The molecule has 0 aromatic heterocycles. The normalized spacial score (nSPS) is 24.1. The van der Waals surface area contributed by atoms with Crippen molar-refractivity contribution in [1.29, 1.82) is 0 Å². The van der Waals surface area contributed by atoms with E-state index < -0.39 is 16.8 Å². The van der Waals surface area contributed by atoms with Crippen LogP contribution in [0.25, 0.3) is 0 Å². The van der Waals surface area contributed by atoms with E-state index in [1.54, 1.807) is 29.7 Å². The molecule has 0 radical (unpaired) electrons. The molecular weight excluding hydrogens is 390 g/mol. The molecule has 0 spiro atoms. The van der Waals surface area contributed by atoms with Gasteiger partial charge in [0.05, 0.1) is 12.6 Å². The lowest BCUT2D eigenvalue weighted by Gasteiger charge is -2.31. The molecule has 158 valence electrons. The first-order valence-corrected chi connectivity index (χ1v) is 10.8. The third kappa shape index (κ3) is 3.88. The predicted molar refractivity (Wildman–Crippen MR) is 112 cm³/mol. The van der Waals surface area contributed by atoms with E-state index in [0.717, 1.165) is 5.56 Å². The summed E-state index contributed by atoms with van der Waals surface area (Å²) in [6, 6.07) is 5.59. The Morgan fingerprint density at radius 3 is 2.48 bits per heavy atom. The van der Waals surface area contributed by atoms with E-state index in [1.807, 2.05) is 45.9 Å². The van der Waals surface area contributed by atoms with Crippen LogP contribution in [0.5, 0.6) is 0 Å². The van der Waals surface area contributed by atoms with Crippen molar-refractivity contribution in [1.82, 2.24) is 15.5 Å². The Kier molecular flexibility index (Phi) is 5.96. The topological polar surface area (TPSA) is 98.7 Å². The molecule has 2 aliphatic rings. The van der Waals surface area contributed by atoms with E-state index in [-0.39, 0.29) is 41.7 Å². The summed E-state index contributed by atoms with van der Waals surface area (Å²) in [6.45, 7) is 9.13. The van der Waals surface area contributed by atoms with Crippen molar-refractivity contribution >= 4 is 29.5 Å². The Morgan fingerprint density at radius 1 is 1.21 bits per heavy atom. The summed E-state index contributed by atoms with van der Waals surface area (Å²) in [6.07, 6.45) is 0. The van der Waals surface area contributed by atoms with Gasteiger partial charge in [0.1, 0.15) is 17.5 Å². The van der Waals surface area contributed by atoms with E-state index in [4.69, 9.17) is 0 Å². The van der Waals surface area contributed by atoms with Gasteiger partial charge in [0, 0.05) is 10.3 Å². The molecule has 0 saturated carbocycles. The fourth-order valence-corrected chi connectivity index (χ4v) is 5.48.